The molecule has 3 rings (SSSR count). The number of hydrogen-bond donors (Lipinski definition) is 1. The Labute approximate surface area is 218 Å². The first kappa shape index (κ1) is 27.4. The molecular weight excluding hydrogens is 440 g/mol. The molecule has 0 amide bonds. The molecule has 0 aromatic heterocycles. The van der Waals surface area contributed by atoms with E-state index in [1.807, 2.05) is 36.5 Å². The number of nitrogens with zero attached hydrogens (tertiary/aromatic N) is 2. The number of benzene rings is 3. The summed E-state index contributed by atoms with van der Waals surface area (Å²) in [6.45, 7) is 19.7. The molecule has 0 saturated heterocycles. The van der Waals surface area contributed by atoms with Crippen LogP contribution in [0.5, 0.6) is 5.75 Å². The Bertz CT molecular complexity index is 1230. The van der Waals surface area contributed by atoms with Crippen molar-refractivity contribution in [1.82, 2.24) is 0 Å². The smallest absolute Gasteiger partial charge is 0.133 e. The molecule has 36 heavy (non-hydrogen) atoms. The Hall–Kier alpha value is -3.20. The van der Waals surface area contributed by atoms with Crippen LogP contribution in [0, 0.1) is 0 Å². The molecule has 0 spiro atoms. The van der Waals surface area contributed by atoms with Gasteiger partial charge in [0.15, 0.2) is 0 Å². The van der Waals surface area contributed by atoms with Crippen molar-refractivity contribution in [2.45, 2.75) is 85.5 Å². The first-order valence-electron chi connectivity index (χ1n) is 13.1. The fourth-order valence-corrected chi connectivity index (χ4v) is 4.34. The summed E-state index contributed by atoms with van der Waals surface area (Å²) in [5.41, 5.74) is 7.99. The number of aromatic hydroxyl groups is 1. The van der Waals surface area contributed by atoms with Crippen LogP contribution in [0.2, 0.25) is 0 Å². The van der Waals surface area contributed by atoms with Crippen LogP contribution in [0.4, 0.5) is 11.4 Å². The van der Waals surface area contributed by atoms with Gasteiger partial charge in [-0.1, -0.05) is 98.7 Å². The highest BCUT2D eigenvalue weighted by molar-refractivity contribution is 5.94. The first-order chi connectivity index (χ1) is 16.9. The van der Waals surface area contributed by atoms with Gasteiger partial charge in [0.25, 0.3) is 0 Å². The molecule has 3 aromatic carbocycles. The van der Waals surface area contributed by atoms with Gasteiger partial charge in [-0.05, 0) is 63.6 Å². The summed E-state index contributed by atoms with van der Waals surface area (Å²) in [5.74, 6) is 1.28. The minimum Gasteiger partial charge on any atom is -0.507 e. The van der Waals surface area contributed by atoms with Crippen molar-refractivity contribution in [2.24, 2.45) is 9.98 Å². The molecule has 3 aromatic rings. The Morgan fingerprint density at radius 2 is 1.14 bits per heavy atom. The van der Waals surface area contributed by atoms with Gasteiger partial charge in [0.05, 0.1) is 11.4 Å². The lowest BCUT2D eigenvalue weighted by molar-refractivity contribution is 0.472. The average Bonchev–Trinajstić information content (AvgIpc) is 2.81. The third-order valence-electron chi connectivity index (χ3n) is 6.61. The number of aliphatic imine (C=N–C) groups is 2. The quantitative estimate of drug-likeness (QED) is 0.335. The monoisotopic (exact) mass is 482 g/mol. The lowest BCUT2D eigenvalue weighted by atomic mass is 9.85. The van der Waals surface area contributed by atoms with E-state index in [2.05, 4.69) is 86.6 Å². The third-order valence-corrected chi connectivity index (χ3v) is 6.61. The van der Waals surface area contributed by atoms with Crippen molar-refractivity contribution in [3.63, 3.8) is 0 Å². The third kappa shape index (κ3) is 6.32. The Morgan fingerprint density at radius 3 is 1.64 bits per heavy atom. The van der Waals surface area contributed by atoms with E-state index < -0.39 is 0 Å². The summed E-state index contributed by atoms with van der Waals surface area (Å²) in [4.78, 5) is 9.76. The van der Waals surface area contributed by atoms with Gasteiger partial charge < -0.3 is 5.11 Å². The van der Waals surface area contributed by atoms with Gasteiger partial charge in [-0.2, -0.15) is 0 Å². The van der Waals surface area contributed by atoms with Gasteiger partial charge in [-0.25, -0.2) is 0 Å². The standard InChI is InChI=1S/C33H42N2O/c1-21(2)27-13-10-11-16-30(27)34-19-24-17-26(33(7,8)9)18-25(32(24)36)20-35-31-28(22(3)4)14-12-15-29(31)23(5)6/h10-23,36H,1-9H3. The van der Waals surface area contributed by atoms with Crippen LogP contribution in [0.15, 0.2) is 64.6 Å². The molecule has 190 valence electrons. The molecule has 3 heteroatoms. The Morgan fingerprint density at radius 1 is 0.667 bits per heavy atom. The van der Waals surface area contributed by atoms with Crippen molar-refractivity contribution in [3.05, 3.63) is 88.0 Å². The van der Waals surface area contributed by atoms with E-state index in [0.717, 1.165) is 16.9 Å². The molecule has 0 radical (unpaired) electrons. The largest absolute Gasteiger partial charge is 0.507 e. The number of para-hydroxylation sites is 2. The molecule has 3 nitrogen and oxygen atoms in total. The van der Waals surface area contributed by atoms with Crippen molar-refractivity contribution in [3.8, 4) is 5.75 Å². The molecule has 0 aliphatic carbocycles. The topological polar surface area (TPSA) is 45.0 Å². The average molecular weight is 483 g/mol. The number of rotatable bonds is 7. The van der Waals surface area contributed by atoms with Gasteiger partial charge in [-0.3, -0.25) is 9.98 Å². The Kier molecular flexibility index (Phi) is 8.55. The van der Waals surface area contributed by atoms with E-state index in [4.69, 9.17) is 9.98 Å². The molecular formula is C33H42N2O. The number of phenols is 1. The maximum Gasteiger partial charge on any atom is 0.133 e. The highest BCUT2D eigenvalue weighted by Crippen LogP contribution is 2.36. The van der Waals surface area contributed by atoms with E-state index in [-0.39, 0.29) is 11.2 Å². The van der Waals surface area contributed by atoms with E-state index in [1.165, 1.54) is 16.7 Å². The van der Waals surface area contributed by atoms with Gasteiger partial charge in [-0.15, -0.1) is 0 Å². The zero-order valence-corrected chi connectivity index (χ0v) is 23.4. The molecule has 0 bridgehead atoms. The van der Waals surface area contributed by atoms with Crippen molar-refractivity contribution in [1.29, 1.82) is 0 Å². The zero-order chi connectivity index (χ0) is 26.6. The van der Waals surface area contributed by atoms with Crippen molar-refractivity contribution < 1.29 is 5.11 Å². The minimum absolute atomic E-state index is 0.0896. The van der Waals surface area contributed by atoms with Gasteiger partial charge in [0.2, 0.25) is 0 Å². The lowest BCUT2D eigenvalue weighted by Gasteiger charge is -2.21. The summed E-state index contributed by atoms with van der Waals surface area (Å²) in [6.07, 6.45) is 3.60. The van der Waals surface area contributed by atoms with Crippen LogP contribution in [0.3, 0.4) is 0 Å². The summed E-state index contributed by atoms with van der Waals surface area (Å²) in [5, 5.41) is 11.3. The lowest BCUT2D eigenvalue weighted by Crippen LogP contribution is -2.12. The second kappa shape index (κ2) is 11.2. The van der Waals surface area contributed by atoms with Crippen LogP contribution >= 0.6 is 0 Å². The van der Waals surface area contributed by atoms with Gasteiger partial charge >= 0.3 is 0 Å². The highest BCUT2D eigenvalue weighted by Gasteiger charge is 2.19. The van der Waals surface area contributed by atoms with E-state index >= 15 is 0 Å². The van der Waals surface area contributed by atoms with Crippen LogP contribution in [0.1, 0.15) is 113 Å². The van der Waals surface area contributed by atoms with Crippen molar-refractivity contribution in [2.75, 3.05) is 0 Å². The molecule has 0 aliphatic heterocycles. The summed E-state index contributed by atoms with van der Waals surface area (Å²) >= 11 is 0. The fourth-order valence-electron chi connectivity index (χ4n) is 4.34. The molecule has 0 heterocycles. The summed E-state index contributed by atoms with van der Waals surface area (Å²) < 4.78 is 0. The Balaban J connectivity index is 2.14. The predicted octanol–water partition coefficient (Wildman–Crippen LogP) is 9.56. The second-order valence-corrected chi connectivity index (χ2v) is 11.6. The molecule has 0 unspecified atom stereocenters. The van der Waals surface area contributed by atoms with Gasteiger partial charge in [0, 0.05) is 23.6 Å². The van der Waals surface area contributed by atoms with Crippen molar-refractivity contribution >= 4 is 23.8 Å². The summed E-state index contributed by atoms with van der Waals surface area (Å²) in [6, 6.07) is 18.7. The second-order valence-electron chi connectivity index (χ2n) is 11.6. The molecule has 0 aliphatic rings. The van der Waals surface area contributed by atoms with Crippen LogP contribution in [-0.2, 0) is 5.41 Å². The van der Waals surface area contributed by atoms with Crippen LogP contribution < -0.4 is 0 Å². The zero-order valence-electron chi connectivity index (χ0n) is 23.4. The molecule has 0 atom stereocenters. The van der Waals surface area contributed by atoms with E-state index in [0.29, 0.717) is 28.9 Å². The minimum atomic E-state index is -0.0896. The number of hydrogen-bond acceptors (Lipinski definition) is 3. The maximum absolute atomic E-state index is 11.3. The SMILES string of the molecule is CC(C)c1ccccc1N=Cc1cc(C(C)(C)C)cc(C=Nc2c(C(C)C)cccc2C(C)C)c1O. The maximum atomic E-state index is 11.3. The van der Waals surface area contributed by atoms with Gasteiger partial charge in [0.1, 0.15) is 5.75 Å². The highest BCUT2D eigenvalue weighted by atomic mass is 16.3. The number of phenolic OH excluding ortho intramolecular Hbond substituents is 1. The van der Waals surface area contributed by atoms with Crippen LogP contribution in [-0.4, -0.2) is 17.5 Å². The van der Waals surface area contributed by atoms with E-state index in [1.54, 1.807) is 6.21 Å². The summed E-state index contributed by atoms with van der Waals surface area (Å²) in [7, 11) is 0. The molecule has 1 N–H and O–H groups in total. The van der Waals surface area contributed by atoms with E-state index in [9.17, 15) is 5.11 Å². The first-order valence-corrected chi connectivity index (χ1v) is 13.1. The predicted molar refractivity (Wildman–Crippen MR) is 156 cm³/mol. The fraction of sp³-hybridized carbons (Fsp3) is 0.394. The molecule has 0 saturated carbocycles. The van der Waals surface area contributed by atoms with Crippen LogP contribution in [0.25, 0.3) is 0 Å². The normalized spacial score (nSPS) is 12.7. The molecule has 0 fully saturated rings.